The number of esters is 1. The van der Waals surface area contributed by atoms with Crippen molar-refractivity contribution in [2.24, 2.45) is 0 Å². The van der Waals surface area contributed by atoms with Gasteiger partial charge in [-0.1, -0.05) is 30.3 Å². The average molecular weight is 1010 g/mol. The zero-order valence-electron chi connectivity index (χ0n) is 35.7. The first-order chi connectivity index (χ1) is 33.4. The molecule has 350 valence electrons. The van der Waals surface area contributed by atoms with Gasteiger partial charge in [-0.2, -0.15) is 0 Å². The van der Waals surface area contributed by atoms with Gasteiger partial charge < -0.3 is 39.8 Å². The maximum absolute atomic E-state index is 13.5. The number of nitrogens with one attached hydrogen (secondary N) is 2. The van der Waals surface area contributed by atoms with E-state index in [1.54, 1.807) is 60.7 Å². The minimum atomic E-state index is -1.46. The predicted octanol–water partition coefficient (Wildman–Crippen LogP) is 5.10. The van der Waals surface area contributed by atoms with Crippen molar-refractivity contribution in [1.82, 2.24) is 20.4 Å². The highest BCUT2D eigenvalue weighted by molar-refractivity contribution is 8.00. The molecule has 6 aliphatic heterocycles. The van der Waals surface area contributed by atoms with E-state index in [4.69, 9.17) is 18.9 Å². The van der Waals surface area contributed by atoms with Crippen LogP contribution in [0, 0.1) is 0 Å². The second kappa shape index (κ2) is 17.5. The molecule has 6 aliphatic rings. The van der Waals surface area contributed by atoms with Crippen molar-refractivity contribution in [3.63, 3.8) is 0 Å². The van der Waals surface area contributed by atoms with E-state index in [1.807, 2.05) is 35.0 Å². The summed E-state index contributed by atoms with van der Waals surface area (Å²) >= 11 is 5.50. The van der Waals surface area contributed by atoms with Crippen molar-refractivity contribution in [2.45, 2.75) is 41.3 Å². The highest BCUT2D eigenvalue weighted by Gasteiger charge is 2.56. The summed E-state index contributed by atoms with van der Waals surface area (Å²) < 4.78 is 25.2. The molecule has 8 heterocycles. The molecule has 4 amide bonds. The normalized spacial score (nSPS) is 22.8. The Morgan fingerprint density at radius 1 is 0.652 bits per heavy atom. The van der Waals surface area contributed by atoms with Crippen molar-refractivity contribution >= 4 is 87.7 Å². The van der Waals surface area contributed by atoms with E-state index in [1.165, 1.54) is 56.0 Å². The first-order valence-corrected chi connectivity index (χ1v) is 25.2. The van der Waals surface area contributed by atoms with Crippen molar-refractivity contribution < 1.29 is 62.7 Å². The first kappa shape index (κ1) is 44.4. The van der Waals surface area contributed by atoms with Crippen LogP contribution in [0.2, 0.25) is 0 Å². The highest BCUT2D eigenvalue weighted by atomic mass is 32.2. The molecule has 4 atom stereocenters. The number of carbonyl (C=O) groups excluding carboxylic acids is 5. The molecule has 2 aromatic heterocycles. The van der Waals surface area contributed by atoms with Crippen molar-refractivity contribution in [3.05, 3.63) is 150 Å². The van der Waals surface area contributed by atoms with Crippen LogP contribution in [-0.2, 0) is 51.9 Å². The van der Waals surface area contributed by atoms with Gasteiger partial charge in [-0.05, 0) is 53.2 Å². The number of β-lactam (4-membered cyclic amide) rings is 2. The van der Waals surface area contributed by atoms with Gasteiger partial charge in [0.05, 0.1) is 18.4 Å². The van der Waals surface area contributed by atoms with E-state index in [0.29, 0.717) is 33.4 Å². The van der Waals surface area contributed by atoms with Gasteiger partial charge in [-0.15, -0.1) is 46.2 Å². The highest BCUT2D eigenvalue weighted by Crippen LogP contribution is 2.57. The van der Waals surface area contributed by atoms with E-state index in [9.17, 15) is 43.8 Å². The third kappa shape index (κ3) is 7.59. The number of hydrogen-bond donors (Lipinski definition) is 4. The lowest BCUT2D eigenvalue weighted by Crippen LogP contribution is -2.70. The molecule has 1 spiro atoms. The van der Waals surface area contributed by atoms with Crippen LogP contribution in [-0.4, -0.2) is 109 Å². The fourth-order valence-electron chi connectivity index (χ4n) is 9.34. The van der Waals surface area contributed by atoms with Crippen LogP contribution in [0.1, 0.15) is 36.8 Å². The summed E-state index contributed by atoms with van der Waals surface area (Å²) in [5.74, 6) is -3.38. The predicted molar refractivity (Wildman–Crippen MR) is 251 cm³/mol. The topological polar surface area (TPSA) is 227 Å². The smallest absolute Gasteiger partial charge is 0.352 e. The number of fused-ring (bicyclic) bond motifs is 8. The molecule has 0 bridgehead atoms. The molecule has 4 N–H and O–H groups in total. The van der Waals surface area contributed by atoms with Gasteiger partial charge in [-0.3, -0.25) is 29.0 Å². The number of carboxylic acid groups (broad SMARTS) is 2. The van der Waals surface area contributed by atoms with Crippen molar-refractivity contribution in [2.75, 3.05) is 24.7 Å². The molecule has 21 heteroatoms. The number of carboxylic acids is 2. The maximum Gasteiger partial charge on any atom is 0.352 e. The third-order valence-corrected chi connectivity index (χ3v) is 16.9. The van der Waals surface area contributed by atoms with Gasteiger partial charge in [0.1, 0.15) is 70.4 Å². The van der Waals surface area contributed by atoms with Gasteiger partial charge in [0.15, 0.2) is 5.60 Å². The zero-order chi connectivity index (χ0) is 47.7. The maximum atomic E-state index is 13.5. The number of hydrogen-bond acceptors (Lipinski definition) is 15. The summed E-state index contributed by atoms with van der Waals surface area (Å²) in [6, 6.07) is 22.5. The number of nitrogens with zero attached hydrogens (tertiary/aromatic N) is 2. The molecule has 17 nitrogen and oxygen atoms in total. The number of aliphatic carboxylic acids is 2. The van der Waals surface area contributed by atoms with E-state index >= 15 is 0 Å². The van der Waals surface area contributed by atoms with Gasteiger partial charge in [0.25, 0.3) is 11.8 Å². The molecule has 11 rings (SSSR count). The summed E-state index contributed by atoms with van der Waals surface area (Å²) in [6.07, 6.45) is 0.221. The number of thiophene rings is 2. The number of amides is 4. The first-order valence-electron chi connectivity index (χ1n) is 21.4. The average Bonchev–Trinajstić information content (AvgIpc) is 4.12. The molecule has 5 aromatic rings. The summed E-state index contributed by atoms with van der Waals surface area (Å²) in [5, 5.41) is 28.6. The van der Waals surface area contributed by atoms with Crippen molar-refractivity contribution in [1.29, 1.82) is 0 Å². The van der Waals surface area contributed by atoms with E-state index in [-0.39, 0.29) is 83.8 Å². The van der Waals surface area contributed by atoms with Crippen molar-refractivity contribution in [3.8, 4) is 23.0 Å². The minimum Gasteiger partial charge on any atom is -0.489 e. The minimum absolute atomic E-state index is 0.111. The number of ether oxygens (including phenoxy) is 4. The molecule has 0 saturated carbocycles. The van der Waals surface area contributed by atoms with Gasteiger partial charge in [0, 0.05) is 61.2 Å². The molecule has 0 aliphatic carbocycles. The number of rotatable bonds is 14. The molecule has 3 aromatic carbocycles. The largest absolute Gasteiger partial charge is 0.489 e. The van der Waals surface area contributed by atoms with E-state index in [2.05, 4.69) is 10.6 Å². The van der Waals surface area contributed by atoms with E-state index in [0.717, 1.165) is 9.75 Å². The molecule has 4 unspecified atom stereocenters. The van der Waals surface area contributed by atoms with Crippen LogP contribution >= 0.6 is 46.2 Å². The van der Waals surface area contributed by atoms with Gasteiger partial charge >= 0.3 is 17.9 Å². The molecule has 2 fully saturated rings. The molecular weight excluding hydrogens is 969 g/mol. The monoisotopic (exact) mass is 1000 g/mol. The Kier molecular flexibility index (Phi) is 11.2. The Morgan fingerprint density at radius 2 is 1.14 bits per heavy atom. The number of benzene rings is 3. The molecule has 2 saturated heterocycles. The quantitative estimate of drug-likeness (QED) is 0.0839. The fraction of sp³-hybridized carbons (Fsp3) is 0.229. The summed E-state index contributed by atoms with van der Waals surface area (Å²) in [6.45, 7) is -0.393. The summed E-state index contributed by atoms with van der Waals surface area (Å²) in [7, 11) is 0. The van der Waals surface area contributed by atoms with Crippen LogP contribution in [0.15, 0.2) is 118 Å². The SMILES string of the molecule is O=C(Cc1cccs1)NC1C(=O)N2C(C(=O)O)=C(COc3ccc4c(c3)Oc3cc(OCC5=C(C(=O)O)N6C(=O)C(NC(=O)Cc7cccs7)C6SC5)ccc3C43OC(=O)c4ccccc43)CSC12. The Morgan fingerprint density at radius 3 is 1.61 bits per heavy atom. The van der Waals surface area contributed by atoms with Crippen LogP contribution in [0.25, 0.3) is 0 Å². The van der Waals surface area contributed by atoms with Crippen LogP contribution in [0.4, 0.5) is 0 Å². The zero-order valence-corrected chi connectivity index (χ0v) is 39.0. The van der Waals surface area contributed by atoms with Crippen LogP contribution in [0.3, 0.4) is 0 Å². The Bertz CT molecular complexity index is 2930. The third-order valence-electron chi connectivity index (χ3n) is 12.4. The van der Waals surface area contributed by atoms with Crippen LogP contribution in [0.5, 0.6) is 23.0 Å². The number of carbonyl (C=O) groups is 7. The fourth-order valence-corrected chi connectivity index (χ4v) is 13.4. The lowest BCUT2D eigenvalue weighted by molar-refractivity contribution is -0.150. The van der Waals surface area contributed by atoms with E-state index < -0.39 is 58.2 Å². The lowest BCUT2D eigenvalue weighted by Gasteiger charge is -2.49. The molecular formula is C48H36N4O13S4. The Labute approximate surface area is 408 Å². The van der Waals surface area contributed by atoms with Gasteiger partial charge in [-0.25, -0.2) is 14.4 Å². The van der Waals surface area contributed by atoms with Crippen LogP contribution < -0.4 is 24.8 Å². The second-order valence-corrected chi connectivity index (χ2v) is 20.8. The second-order valence-electron chi connectivity index (χ2n) is 16.5. The molecule has 0 radical (unpaired) electrons. The molecule has 69 heavy (non-hydrogen) atoms. The number of thioether (sulfide) groups is 2. The summed E-state index contributed by atoms with van der Waals surface area (Å²) in [5.41, 5.74) is 0.727. The Hall–Kier alpha value is -7.07. The standard InChI is InChI=1S/C48H36N4O13S4/c53-35(17-27-5-3-13-66-27)49-37-41(55)51-39(45(57)58)23(21-68-43(37)51)19-62-25-9-11-31-33(15-25)64-34-16-26(10-12-32(34)48(31)30-8-2-1-7-29(30)47(61)65-48)63-20-24-22-69-44-38(42(56)52(44)40(24)46(59)60)50-36(54)18-28-6-4-14-67-28/h1-16,37-38,43-44H,17-22H2,(H,49,53)(H,50,54)(H,57,58)(H,59,60). The Balaban J connectivity index is 0.826. The lowest BCUT2D eigenvalue weighted by atomic mass is 9.77. The van der Waals surface area contributed by atoms with Gasteiger partial charge in [0.2, 0.25) is 11.8 Å². The summed E-state index contributed by atoms with van der Waals surface area (Å²) in [4.78, 5) is 94.9.